The van der Waals surface area contributed by atoms with Crippen LogP contribution in [0.2, 0.25) is 0 Å². The molecule has 1 amide bonds. The van der Waals surface area contributed by atoms with Crippen LogP contribution >= 0.6 is 0 Å². The zero-order valence-corrected chi connectivity index (χ0v) is 17.3. The lowest BCUT2D eigenvalue weighted by molar-refractivity contribution is 0.0992. The summed E-state index contributed by atoms with van der Waals surface area (Å²) in [7, 11) is 1.84. The van der Waals surface area contributed by atoms with Crippen LogP contribution in [0.4, 0.5) is 11.4 Å². The van der Waals surface area contributed by atoms with Crippen molar-refractivity contribution >= 4 is 17.3 Å². The Hall–Kier alpha value is -3.07. The fraction of sp³-hybridized carbons (Fsp3) is 0.240. The summed E-state index contributed by atoms with van der Waals surface area (Å²) in [6.07, 6.45) is 0. The Bertz CT molecular complexity index is 967. The molecule has 3 heteroatoms. The van der Waals surface area contributed by atoms with Gasteiger partial charge in [-0.3, -0.25) is 4.79 Å². The van der Waals surface area contributed by atoms with E-state index in [1.54, 1.807) is 4.90 Å². The molecule has 0 heterocycles. The van der Waals surface area contributed by atoms with Crippen LogP contribution in [0.1, 0.15) is 38.2 Å². The first-order valence-corrected chi connectivity index (χ1v) is 9.61. The van der Waals surface area contributed by atoms with Gasteiger partial charge in [-0.1, -0.05) is 59.7 Å². The summed E-state index contributed by atoms with van der Waals surface area (Å²) in [4.78, 5) is 15.0. The minimum atomic E-state index is 0.0135. The van der Waals surface area contributed by atoms with Gasteiger partial charge in [0.25, 0.3) is 5.91 Å². The maximum atomic E-state index is 13.3. The number of rotatable bonds is 5. The highest BCUT2D eigenvalue weighted by Crippen LogP contribution is 2.28. The van der Waals surface area contributed by atoms with Crippen molar-refractivity contribution in [2.45, 2.75) is 34.2 Å². The summed E-state index contributed by atoms with van der Waals surface area (Å²) in [6.45, 7) is 8.86. The lowest BCUT2D eigenvalue weighted by Gasteiger charge is -2.23. The number of carbonyl (C=O) groups excluding carboxylic acids is 1. The monoisotopic (exact) mass is 372 g/mol. The number of amides is 1. The molecular weight excluding hydrogens is 344 g/mol. The van der Waals surface area contributed by atoms with E-state index in [1.165, 1.54) is 16.7 Å². The third kappa shape index (κ3) is 4.25. The van der Waals surface area contributed by atoms with Crippen molar-refractivity contribution in [1.29, 1.82) is 0 Å². The largest absolute Gasteiger partial charge is 0.379 e. The highest BCUT2D eigenvalue weighted by atomic mass is 16.2. The van der Waals surface area contributed by atoms with Gasteiger partial charge in [-0.25, -0.2) is 0 Å². The number of anilines is 2. The van der Waals surface area contributed by atoms with Gasteiger partial charge in [-0.2, -0.15) is 0 Å². The summed E-state index contributed by atoms with van der Waals surface area (Å²) in [5, 5.41) is 3.48. The lowest BCUT2D eigenvalue weighted by atomic mass is 9.98. The third-order valence-electron chi connectivity index (χ3n) is 5.06. The van der Waals surface area contributed by atoms with Gasteiger partial charge in [0, 0.05) is 19.2 Å². The van der Waals surface area contributed by atoms with Gasteiger partial charge >= 0.3 is 0 Å². The van der Waals surface area contributed by atoms with Crippen LogP contribution in [-0.4, -0.2) is 13.0 Å². The minimum absolute atomic E-state index is 0.0135. The van der Waals surface area contributed by atoms with Crippen molar-refractivity contribution in [1.82, 2.24) is 0 Å². The van der Waals surface area contributed by atoms with Gasteiger partial charge in [-0.15, -0.1) is 0 Å². The van der Waals surface area contributed by atoms with E-state index in [2.05, 4.69) is 55.6 Å². The molecule has 3 aromatic carbocycles. The Morgan fingerprint density at radius 1 is 0.857 bits per heavy atom. The number of nitrogens with zero attached hydrogens (tertiary/aromatic N) is 1. The topological polar surface area (TPSA) is 32.3 Å². The molecule has 0 aliphatic carbocycles. The lowest BCUT2D eigenvalue weighted by Crippen LogP contribution is -2.28. The minimum Gasteiger partial charge on any atom is -0.379 e. The maximum Gasteiger partial charge on any atom is 0.258 e. The molecule has 144 valence electrons. The molecule has 3 rings (SSSR count). The quantitative estimate of drug-likeness (QED) is 0.613. The molecule has 0 fully saturated rings. The molecule has 0 unspecified atom stereocenters. The van der Waals surface area contributed by atoms with Gasteiger partial charge in [0.1, 0.15) is 0 Å². The highest BCUT2D eigenvalue weighted by Gasteiger charge is 2.20. The molecule has 0 atom stereocenters. The Kier molecular flexibility index (Phi) is 5.84. The molecule has 0 bridgehead atoms. The van der Waals surface area contributed by atoms with Gasteiger partial charge in [0.15, 0.2) is 0 Å². The number of para-hydroxylation sites is 2. The number of benzene rings is 3. The summed E-state index contributed by atoms with van der Waals surface area (Å²) in [5.74, 6) is 0.0135. The molecule has 3 aromatic rings. The Labute approximate surface area is 168 Å². The molecular formula is C25H28N2O. The first-order valence-electron chi connectivity index (χ1n) is 9.61. The van der Waals surface area contributed by atoms with Crippen molar-refractivity contribution in [3.8, 4) is 0 Å². The van der Waals surface area contributed by atoms with E-state index in [4.69, 9.17) is 0 Å². The van der Waals surface area contributed by atoms with Gasteiger partial charge in [-0.05, 0) is 56.5 Å². The second-order valence-corrected chi connectivity index (χ2v) is 7.49. The standard InChI is InChI=1S/C25H28N2O/c1-17-10-12-21(13-11-17)16-26-22-8-6-7-9-23(22)27(5)25(28)24-19(3)14-18(2)15-20(24)4/h6-15,26H,16H2,1-5H3. The summed E-state index contributed by atoms with van der Waals surface area (Å²) in [5.41, 5.74) is 8.26. The molecule has 0 saturated heterocycles. The SMILES string of the molecule is Cc1ccc(CNc2ccccc2N(C)C(=O)c2c(C)cc(C)cc2C)cc1. The smallest absolute Gasteiger partial charge is 0.258 e. The van der Waals surface area contributed by atoms with Crippen LogP contribution < -0.4 is 10.2 Å². The third-order valence-corrected chi connectivity index (χ3v) is 5.06. The molecule has 3 nitrogen and oxygen atoms in total. The molecule has 0 radical (unpaired) electrons. The zero-order chi connectivity index (χ0) is 20.3. The normalized spacial score (nSPS) is 10.6. The van der Waals surface area contributed by atoms with Crippen molar-refractivity contribution in [3.63, 3.8) is 0 Å². The Balaban J connectivity index is 1.85. The maximum absolute atomic E-state index is 13.3. The van der Waals surface area contributed by atoms with E-state index in [0.29, 0.717) is 6.54 Å². The van der Waals surface area contributed by atoms with Gasteiger partial charge < -0.3 is 10.2 Å². The fourth-order valence-electron chi connectivity index (χ4n) is 3.61. The molecule has 0 aliphatic heterocycles. The van der Waals surface area contributed by atoms with Crippen molar-refractivity contribution < 1.29 is 4.79 Å². The molecule has 1 N–H and O–H groups in total. The first-order chi connectivity index (χ1) is 13.4. The van der Waals surface area contributed by atoms with Gasteiger partial charge in [0.2, 0.25) is 0 Å². The van der Waals surface area contributed by atoms with Crippen molar-refractivity contribution in [2.24, 2.45) is 0 Å². The molecule has 0 aromatic heterocycles. The summed E-state index contributed by atoms with van der Waals surface area (Å²) in [6, 6.07) is 20.6. The van der Waals surface area contributed by atoms with Crippen LogP contribution in [0, 0.1) is 27.7 Å². The second kappa shape index (κ2) is 8.30. The number of carbonyl (C=O) groups is 1. The molecule has 28 heavy (non-hydrogen) atoms. The van der Waals surface area contributed by atoms with Gasteiger partial charge in [0.05, 0.1) is 11.4 Å². The average Bonchev–Trinajstić information content (AvgIpc) is 2.66. The second-order valence-electron chi connectivity index (χ2n) is 7.49. The number of hydrogen-bond donors (Lipinski definition) is 1. The highest BCUT2D eigenvalue weighted by molar-refractivity contribution is 6.09. The summed E-state index contributed by atoms with van der Waals surface area (Å²) < 4.78 is 0. The predicted octanol–water partition coefficient (Wildman–Crippen LogP) is 5.81. The van der Waals surface area contributed by atoms with Crippen molar-refractivity contribution in [3.05, 3.63) is 94.0 Å². The van der Waals surface area contributed by atoms with E-state index >= 15 is 0 Å². The van der Waals surface area contributed by atoms with E-state index < -0.39 is 0 Å². The van der Waals surface area contributed by atoms with Crippen LogP contribution in [0.25, 0.3) is 0 Å². The van der Waals surface area contributed by atoms with E-state index in [9.17, 15) is 4.79 Å². The Morgan fingerprint density at radius 2 is 1.46 bits per heavy atom. The summed E-state index contributed by atoms with van der Waals surface area (Å²) >= 11 is 0. The van der Waals surface area contributed by atoms with Crippen LogP contribution in [0.5, 0.6) is 0 Å². The Morgan fingerprint density at radius 3 is 2.11 bits per heavy atom. The number of nitrogens with one attached hydrogen (secondary N) is 1. The van der Waals surface area contributed by atoms with E-state index in [1.807, 2.05) is 45.2 Å². The first kappa shape index (κ1) is 19.7. The van der Waals surface area contributed by atoms with Crippen LogP contribution in [0.15, 0.2) is 60.7 Å². The van der Waals surface area contributed by atoms with E-state index in [-0.39, 0.29) is 5.91 Å². The average molecular weight is 373 g/mol. The predicted molar refractivity (Wildman–Crippen MR) is 118 cm³/mol. The van der Waals surface area contributed by atoms with E-state index in [0.717, 1.165) is 28.1 Å². The van der Waals surface area contributed by atoms with Crippen LogP contribution in [0.3, 0.4) is 0 Å². The zero-order valence-electron chi connectivity index (χ0n) is 17.3. The molecule has 0 aliphatic rings. The number of hydrogen-bond acceptors (Lipinski definition) is 2. The van der Waals surface area contributed by atoms with Crippen molar-refractivity contribution in [2.75, 3.05) is 17.3 Å². The number of aryl methyl sites for hydroxylation is 4. The fourth-order valence-corrected chi connectivity index (χ4v) is 3.61. The molecule has 0 spiro atoms. The molecule has 0 saturated carbocycles. The van der Waals surface area contributed by atoms with Crippen LogP contribution in [-0.2, 0) is 6.54 Å².